The topological polar surface area (TPSA) is 29.3 Å². The van der Waals surface area contributed by atoms with Gasteiger partial charge < -0.3 is 5.73 Å². The molecule has 1 heterocycles. The van der Waals surface area contributed by atoms with Crippen LogP contribution in [0.1, 0.15) is 49.7 Å². The number of likely N-dealkylation sites (tertiary alicyclic amines) is 1. The Hall–Kier alpha value is -0.860. The minimum Gasteiger partial charge on any atom is -0.329 e. The van der Waals surface area contributed by atoms with Crippen LogP contribution in [0.3, 0.4) is 0 Å². The molecule has 1 aromatic rings. The number of hydrogen-bond donors (Lipinski definition) is 1. The minimum absolute atomic E-state index is 0.570. The summed E-state index contributed by atoms with van der Waals surface area (Å²) in [7, 11) is 0. The zero-order valence-electron chi connectivity index (χ0n) is 12.0. The van der Waals surface area contributed by atoms with E-state index in [1.54, 1.807) is 5.56 Å². The molecule has 104 valence electrons. The van der Waals surface area contributed by atoms with Crippen molar-refractivity contribution in [2.75, 3.05) is 13.1 Å². The van der Waals surface area contributed by atoms with Crippen LogP contribution in [0, 0.1) is 5.92 Å². The molecule has 1 aliphatic heterocycles. The third kappa shape index (κ3) is 2.85. The molecule has 19 heavy (non-hydrogen) atoms. The van der Waals surface area contributed by atoms with E-state index in [9.17, 15) is 0 Å². The minimum atomic E-state index is 0.570. The molecule has 2 N–H and O–H groups in total. The number of benzene rings is 1. The highest BCUT2D eigenvalue weighted by molar-refractivity contribution is 5.33. The lowest BCUT2D eigenvalue weighted by atomic mass is 9.90. The fraction of sp³-hybridized carbons (Fsp3) is 0.647. The van der Waals surface area contributed by atoms with Gasteiger partial charge in [-0.3, -0.25) is 4.90 Å². The number of nitrogens with zero attached hydrogens (tertiary/aromatic N) is 1. The van der Waals surface area contributed by atoms with Gasteiger partial charge >= 0.3 is 0 Å². The molecule has 1 saturated carbocycles. The lowest BCUT2D eigenvalue weighted by molar-refractivity contribution is 0.0988. The molecule has 2 heteroatoms. The Balaban J connectivity index is 1.76. The van der Waals surface area contributed by atoms with Gasteiger partial charge in [-0.15, -0.1) is 0 Å². The van der Waals surface area contributed by atoms with E-state index in [0.717, 1.165) is 24.9 Å². The largest absolute Gasteiger partial charge is 0.329 e. The van der Waals surface area contributed by atoms with Crippen LogP contribution in [0.4, 0.5) is 0 Å². The lowest BCUT2D eigenvalue weighted by Gasteiger charge is -2.39. The first-order chi connectivity index (χ1) is 9.29. The molecule has 1 aliphatic carbocycles. The second-order valence-corrected chi connectivity index (χ2v) is 6.37. The van der Waals surface area contributed by atoms with Crippen LogP contribution in [0.25, 0.3) is 0 Å². The van der Waals surface area contributed by atoms with Gasteiger partial charge in [0.2, 0.25) is 0 Å². The van der Waals surface area contributed by atoms with Crippen molar-refractivity contribution in [2.24, 2.45) is 11.7 Å². The maximum absolute atomic E-state index is 6.01. The molecule has 0 amide bonds. The standard InChI is InChI=1S/C17H26N2/c1-13-5-4-10-19(17(13)11-18)12-15-6-2-3-7-16(15)14-8-9-14/h2-3,6-7,13-14,17H,4-5,8-12,18H2,1H3. The third-order valence-electron chi connectivity index (χ3n) is 4.92. The Morgan fingerprint density at radius 2 is 2.00 bits per heavy atom. The smallest absolute Gasteiger partial charge is 0.0247 e. The molecular formula is C17H26N2. The van der Waals surface area contributed by atoms with Gasteiger partial charge in [0.05, 0.1) is 0 Å². The Morgan fingerprint density at radius 3 is 2.74 bits per heavy atom. The second-order valence-electron chi connectivity index (χ2n) is 6.37. The molecule has 3 rings (SSSR count). The van der Waals surface area contributed by atoms with Gasteiger partial charge in [0, 0.05) is 19.1 Å². The van der Waals surface area contributed by atoms with Crippen molar-refractivity contribution in [3.8, 4) is 0 Å². The molecule has 0 aromatic heterocycles. The maximum atomic E-state index is 6.01. The summed E-state index contributed by atoms with van der Waals surface area (Å²) in [6.07, 6.45) is 5.42. The fourth-order valence-electron chi connectivity index (χ4n) is 3.60. The average molecular weight is 258 g/mol. The Kier molecular flexibility index (Phi) is 3.90. The molecule has 0 spiro atoms. The number of piperidine rings is 1. The first kappa shape index (κ1) is 13.1. The van der Waals surface area contributed by atoms with E-state index in [1.807, 2.05) is 0 Å². The highest BCUT2D eigenvalue weighted by atomic mass is 15.2. The van der Waals surface area contributed by atoms with E-state index in [4.69, 9.17) is 5.73 Å². The van der Waals surface area contributed by atoms with Crippen LogP contribution in [-0.4, -0.2) is 24.0 Å². The van der Waals surface area contributed by atoms with Crippen molar-refractivity contribution in [1.29, 1.82) is 0 Å². The van der Waals surface area contributed by atoms with E-state index in [2.05, 4.69) is 36.1 Å². The maximum Gasteiger partial charge on any atom is 0.0247 e. The quantitative estimate of drug-likeness (QED) is 0.899. The van der Waals surface area contributed by atoms with Crippen molar-refractivity contribution in [3.63, 3.8) is 0 Å². The zero-order valence-corrected chi connectivity index (χ0v) is 12.0. The summed E-state index contributed by atoms with van der Waals surface area (Å²) < 4.78 is 0. The first-order valence-corrected chi connectivity index (χ1v) is 7.81. The molecule has 1 saturated heterocycles. The predicted molar refractivity (Wildman–Crippen MR) is 80.1 cm³/mol. The van der Waals surface area contributed by atoms with Gasteiger partial charge in [0.25, 0.3) is 0 Å². The van der Waals surface area contributed by atoms with Crippen LogP contribution in [-0.2, 0) is 6.54 Å². The summed E-state index contributed by atoms with van der Waals surface area (Å²) in [5.41, 5.74) is 9.14. The first-order valence-electron chi connectivity index (χ1n) is 7.81. The van der Waals surface area contributed by atoms with Gasteiger partial charge in [-0.05, 0) is 55.2 Å². The summed E-state index contributed by atoms with van der Waals surface area (Å²) in [5, 5.41) is 0. The molecule has 0 bridgehead atoms. The van der Waals surface area contributed by atoms with Crippen LogP contribution in [0.2, 0.25) is 0 Å². The summed E-state index contributed by atoms with van der Waals surface area (Å²) in [5.74, 6) is 1.58. The summed E-state index contributed by atoms with van der Waals surface area (Å²) in [6.45, 7) is 5.47. The highest BCUT2D eigenvalue weighted by Gasteiger charge is 2.30. The van der Waals surface area contributed by atoms with Crippen molar-refractivity contribution in [1.82, 2.24) is 4.90 Å². The Morgan fingerprint density at radius 1 is 1.21 bits per heavy atom. The van der Waals surface area contributed by atoms with E-state index in [1.165, 1.54) is 37.8 Å². The monoisotopic (exact) mass is 258 g/mol. The van der Waals surface area contributed by atoms with Crippen LogP contribution < -0.4 is 5.73 Å². The van der Waals surface area contributed by atoms with Crippen molar-refractivity contribution in [2.45, 2.75) is 51.1 Å². The lowest BCUT2D eigenvalue weighted by Crippen LogP contribution is -2.48. The molecular weight excluding hydrogens is 232 g/mol. The van der Waals surface area contributed by atoms with Crippen molar-refractivity contribution < 1.29 is 0 Å². The van der Waals surface area contributed by atoms with Crippen LogP contribution >= 0.6 is 0 Å². The highest BCUT2D eigenvalue weighted by Crippen LogP contribution is 2.42. The molecule has 2 aliphatic rings. The van der Waals surface area contributed by atoms with Gasteiger partial charge in [-0.2, -0.15) is 0 Å². The molecule has 2 nitrogen and oxygen atoms in total. The van der Waals surface area contributed by atoms with E-state index >= 15 is 0 Å². The van der Waals surface area contributed by atoms with Crippen molar-refractivity contribution >= 4 is 0 Å². The van der Waals surface area contributed by atoms with Crippen molar-refractivity contribution in [3.05, 3.63) is 35.4 Å². The molecule has 2 atom stereocenters. The molecule has 1 aromatic carbocycles. The summed E-state index contributed by atoms with van der Waals surface area (Å²) >= 11 is 0. The SMILES string of the molecule is CC1CCCN(Cc2ccccc2C2CC2)C1CN. The average Bonchev–Trinajstić information content (AvgIpc) is 3.24. The fourth-order valence-corrected chi connectivity index (χ4v) is 3.60. The van der Waals surface area contributed by atoms with Gasteiger partial charge in [0.1, 0.15) is 0 Å². The third-order valence-corrected chi connectivity index (χ3v) is 4.92. The zero-order chi connectivity index (χ0) is 13.2. The number of nitrogens with two attached hydrogens (primary N) is 1. The predicted octanol–water partition coefficient (Wildman–Crippen LogP) is 3.12. The van der Waals surface area contributed by atoms with E-state index in [-0.39, 0.29) is 0 Å². The van der Waals surface area contributed by atoms with Gasteiger partial charge in [0.15, 0.2) is 0 Å². The number of rotatable bonds is 4. The normalized spacial score (nSPS) is 28.5. The van der Waals surface area contributed by atoms with E-state index in [0.29, 0.717) is 6.04 Å². The van der Waals surface area contributed by atoms with Crippen LogP contribution in [0.5, 0.6) is 0 Å². The number of hydrogen-bond acceptors (Lipinski definition) is 2. The van der Waals surface area contributed by atoms with Gasteiger partial charge in [-0.25, -0.2) is 0 Å². The molecule has 0 radical (unpaired) electrons. The summed E-state index contributed by atoms with van der Waals surface area (Å²) in [4.78, 5) is 2.62. The molecule has 2 unspecified atom stereocenters. The van der Waals surface area contributed by atoms with E-state index < -0.39 is 0 Å². The van der Waals surface area contributed by atoms with Gasteiger partial charge in [-0.1, -0.05) is 31.2 Å². The summed E-state index contributed by atoms with van der Waals surface area (Å²) in [6, 6.07) is 9.60. The Labute approximate surface area is 117 Å². The second kappa shape index (κ2) is 5.64. The Bertz CT molecular complexity index is 425. The van der Waals surface area contributed by atoms with Crippen LogP contribution in [0.15, 0.2) is 24.3 Å². The molecule has 2 fully saturated rings.